The van der Waals surface area contributed by atoms with Gasteiger partial charge in [-0.25, -0.2) is 8.42 Å². The third kappa shape index (κ3) is 4.42. The summed E-state index contributed by atoms with van der Waals surface area (Å²) in [5.74, 6) is -0.266. The van der Waals surface area contributed by atoms with Gasteiger partial charge in [0.1, 0.15) is 10.3 Å². The lowest BCUT2D eigenvalue weighted by atomic mass is 9.96. The van der Waals surface area contributed by atoms with Crippen LogP contribution in [-0.2, 0) is 14.8 Å². The van der Waals surface area contributed by atoms with Gasteiger partial charge >= 0.3 is 0 Å². The van der Waals surface area contributed by atoms with Crippen LogP contribution < -0.4 is 5.32 Å². The zero-order valence-electron chi connectivity index (χ0n) is 15.6. The fourth-order valence-electron chi connectivity index (χ4n) is 3.45. The topological polar surface area (TPSA) is 79.4 Å². The summed E-state index contributed by atoms with van der Waals surface area (Å²) in [6.07, 6.45) is 2.74. The Balaban J connectivity index is 1.43. The maximum atomic E-state index is 13.0. The molecule has 1 aliphatic heterocycles. The molecule has 1 aliphatic rings. The molecule has 1 saturated heterocycles. The predicted octanol–water partition coefficient (Wildman–Crippen LogP) is 3.51. The Bertz CT molecular complexity index is 1030. The monoisotopic (exact) mass is 447 g/mol. The Morgan fingerprint density at radius 1 is 1.07 bits per heavy atom. The van der Waals surface area contributed by atoms with Crippen molar-refractivity contribution in [2.45, 2.75) is 23.1 Å². The SMILES string of the molecule is O=C(NC(c1ccccn1)c1cccs1)C1CCN(S(=O)(=O)c2cccs2)CC1. The van der Waals surface area contributed by atoms with Crippen molar-refractivity contribution in [2.75, 3.05) is 13.1 Å². The number of piperidine rings is 1. The van der Waals surface area contributed by atoms with Gasteiger partial charge in [-0.1, -0.05) is 18.2 Å². The Morgan fingerprint density at radius 3 is 2.45 bits per heavy atom. The maximum Gasteiger partial charge on any atom is 0.252 e. The molecule has 4 rings (SSSR count). The number of pyridine rings is 1. The van der Waals surface area contributed by atoms with Gasteiger partial charge in [0.15, 0.2) is 0 Å². The highest BCUT2D eigenvalue weighted by atomic mass is 32.2. The lowest BCUT2D eigenvalue weighted by Crippen LogP contribution is -2.43. The Hall–Kier alpha value is -2.07. The molecule has 0 aliphatic carbocycles. The van der Waals surface area contributed by atoms with Crippen LogP contribution in [0.15, 0.2) is 63.6 Å². The Labute approximate surface area is 178 Å². The van der Waals surface area contributed by atoms with Gasteiger partial charge < -0.3 is 5.32 Å². The lowest BCUT2D eigenvalue weighted by molar-refractivity contribution is -0.126. The second-order valence-electron chi connectivity index (χ2n) is 6.82. The number of nitrogens with one attached hydrogen (secondary N) is 1. The van der Waals surface area contributed by atoms with Gasteiger partial charge in [-0.15, -0.1) is 22.7 Å². The molecule has 6 nitrogen and oxygen atoms in total. The molecule has 1 amide bonds. The zero-order chi connectivity index (χ0) is 20.3. The highest BCUT2D eigenvalue weighted by Crippen LogP contribution is 2.29. The maximum absolute atomic E-state index is 13.0. The molecule has 152 valence electrons. The molecule has 0 saturated carbocycles. The van der Waals surface area contributed by atoms with Crippen LogP contribution in [0.4, 0.5) is 0 Å². The molecular weight excluding hydrogens is 426 g/mol. The van der Waals surface area contributed by atoms with Gasteiger partial charge in [0, 0.05) is 30.1 Å². The summed E-state index contributed by atoms with van der Waals surface area (Å²) in [4.78, 5) is 18.4. The molecule has 3 aromatic rings. The van der Waals surface area contributed by atoms with Crippen LogP contribution in [-0.4, -0.2) is 36.7 Å². The molecule has 29 heavy (non-hydrogen) atoms. The molecule has 4 heterocycles. The Kier molecular flexibility index (Phi) is 6.09. The first-order chi connectivity index (χ1) is 14.1. The summed E-state index contributed by atoms with van der Waals surface area (Å²) < 4.78 is 27.2. The van der Waals surface area contributed by atoms with E-state index >= 15 is 0 Å². The highest BCUT2D eigenvalue weighted by Gasteiger charge is 2.33. The molecule has 0 bridgehead atoms. The largest absolute Gasteiger partial charge is 0.343 e. The third-order valence-electron chi connectivity index (χ3n) is 5.01. The summed E-state index contributed by atoms with van der Waals surface area (Å²) in [7, 11) is -3.46. The number of carbonyl (C=O) groups excluding carboxylic acids is 1. The van der Waals surface area contributed by atoms with Crippen molar-refractivity contribution in [3.05, 3.63) is 70.0 Å². The molecule has 0 aromatic carbocycles. The molecule has 1 unspecified atom stereocenters. The van der Waals surface area contributed by atoms with Crippen molar-refractivity contribution >= 4 is 38.6 Å². The summed E-state index contributed by atoms with van der Waals surface area (Å²) in [5.41, 5.74) is 0.793. The van der Waals surface area contributed by atoms with Crippen LogP contribution in [0.1, 0.15) is 29.5 Å². The minimum atomic E-state index is -3.46. The van der Waals surface area contributed by atoms with E-state index in [1.165, 1.54) is 15.6 Å². The van der Waals surface area contributed by atoms with Crippen LogP contribution in [0.5, 0.6) is 0 Å². The summed E-state index contributed by atoms with van der Waals surface area (Å²) >= 11 is 2.80. The number of sulfonamides is 1. The molecule has 1 fully saturated rings. The molecule has 3 aromatic heterocycles. The van der Waals surface area contributed by atoms with E-state index in [2.05, 4.69) is 10.3 Å². The third-order valence-corrected chi connectivity index (χ3v) is 9.22. The van der Waals surface area contributed by atoms with Crippen LogP contribution in [0.3, 0.4) is 0 Å². The van der Waals surface area contributed by atoms with Crippen LogP contribution >= 0.6 is 22.7 Å². The van der Waals surface area contributed by atoms with E-state index in [1.54, 1.807) is 35.0 Å². The van der Waals surface area contributed by atoms with Crippen molar-refractivity contribution in [3.8, 4) is 0 Å². The van der Waals surface area contributed by atoms with Crippen molar-refractivity contribution in [1.29, 1.82) is 0 Å². The average Bonchev–Trinajstić information content (AvgIpc) is 3.47. The van der Waals surface area contributed by atoms with E-state index < -0.39 is 10.0 Å². The molecule has 9 heteroatoms. The summed E-state index contributed by atoms with van der Waals surface area (Å²) in [6.45, 7) is 0.706. The van der Waals surface area contributed by atoms with Crippen molar-refractivity contribution in [2.24, 2.45) is 5.92 Å². The zero-order valence-corrected chi connectivity index (χ0v) is 18.1. The Morgan fingerprint density at radius 2 is 1.83 bits per heavy atom. The van der Waals surface area contributed by atoms with Gasteiger partial charge in [-0.2, -0.15) is 4.31 Å². The minimum absolute atomic E-state index is 0.0535. The van der Waals surface area contributed by atoms with Crippen molar-refractivity contribution in [3.63, 3.8) is 0 Å². The molecule has 0 radical (unpaired) electrons. The van der Waals surface area contributed by atoms with Gasteiger partial charge in [0.05, 0.1) is 5.69 Å². The normalized spacial score (nSPS) is 17.1. The van der Waals surface area contributed by atoms with Gasteiger partial charge in [-0.05, 0) is 47.9 Å². The summed E-state index contributed by atoms with van der Waals surface area (Å²) in [5, 5.41) is 6.87. The van der Waals surface area contributed by atoms with E-state index in [4.69, 9.17) is 0 Å². The molecule has 1 atom stereocenters. The summed E-state index contributed by atoms with van der Waals surface area (Å²) in [6, 6.07) is 12.7. The number of hydrogen-bond acceptors (Lipinski definition) is 6. The van der Waals surface area contributed by atoms with E-state index in [0.29, 0.717) is 30.1 Å². The fraction of sp³-hybridized carbons (Fsp3) is 0.300. The van der Waals surface area contributed by atoms with E-state index in [9.17, 15) is 13.2 Å². The number of rotatable bonds is 6. The smallest absolute Gasteiger partial charge is 0.252 e. The fourth-order valence-corrected chi connectivity index (χ4v) is 6.85. The van der Waals surface area contributed by atoms with Gasteiger partial charge in [-0.3, -0.25) is 9.78 Å². The molecule has 0 spiro atoms. The van der Waals surface area contributed by atoms with Crippen molar-refractivity contribution < 1.29 is 13.2 Å². The predicted molar refractivity (Wildman–Crippen MR) is 114 cm³/mol. The first-order valence-electron chi connectivity index (χ1n) is 9.34. The van der Waals surface area contributed by atoms with Crippen LogP contribution in [0.2, 0.25) is 0 Å². The first-order valence-corrected chi connectivity index (χ1v) is 12.5. The van der Waals surface area contributed by atoms with Gasteiger partial charge in [0.25, 0.3) is 10.0 Å². The number of nitrogens with zero attached hydrogens (tertiary/aromatic N) is 2. The van der Waals surface area contributed by atoms with Crippen LogP contribution in [0, 0.1) is 5.92 Å². The van der Waals surface area contributed by atoms with E-state index in [-0.39, 0.29) is 17.9 Å². The average molecular weight is 448 g/mol. The first kappa shape index (κ1) is 20.2. The second kappa shape index (κ2) is 8.74. The molecular formula is C20H21N3O3S3. The minimum Gasteiger partial charge on any atom is -0.343 e. The highest BCUT2D eigenvalue weighted by molar-refractivity contribution is 7.91. The standard InChI is InChI=1S/C20H21N3O3S3/c24-20(22-19(17-6-3-13-27-17)16-5-1-2-10-21-16)15-8-11-23(12-9-15)29(25,26)18-7-4-14-28-18/h1-7,10,13-15,19H,8-9,11-12H2,(H,22,24). The number of thiophene rings is 2. The quantitative estimate of drug-likeness (QED) is 0.627. The van der Waals surface area contributed by atoms with Crippen molar-refractivity contribution in [1.82, 2.24) is 14.6 Å². The number of carbonyl (C=O) groups is 1. The molecule has 1 N–H and O–H groups in total. The number of amides is 1. The number of aromatic nitrogens is 1. The van der Waals surface area contributed by atoms with Crippen LogP contribution in [0.25, 0.3) is 0 Å². The van der Waals surface area contributed by atoms with E-state index in [1.807, 2.05) is 35.7 Å². The lowest BCUT2D eigenvalue weighted by Gasteiger charge is -2.31. The van der Waals surface area contributed by atoms with Gasteiger partial charge in [0.2, 0.25) is 5.91 Å². The number of hydrogen-bond donors (Lipinski definition) is 1. The second-order valence-corrected chi connectivity index (χ2v) is 10.9. The van der Waals surface area contributed by atoms with E-state index in [0.717, 1.165) is 10.6 Å².